The molecule has 1 atom stereocenters. The van der Waals surface area contributed by atoms with E-state index in [1.807, 2.05) is 43.9 Å². The minimum absolute atomic E-state index is 0.213. The van der Waals surface area contributed by atoms with Crippen LogP contribution in [0, 0.1) is 11.3 Å². The zero-order valence-corrected chi connectivity index (χ0v) is 16.1. The van der Waals surface area contributed by atoms with Crippen molar-refractivity contribution in [2.24, 2.45) is 11.3 Å². The minimum atomic E-state index is -0.932. The summed E-state index contributed by atoms with van der Waals surface area (Å²) in [6.07, 6.45) is 1.84. The highest BCUT2D eigenvalue weighted by Crippen LogP contribution is 2.26. The van der Waals surface area contributed by atoms with Gasteiger partial charge in [0.05, 0.1) is 11.3 Å². The van der Waals surface area contributed by atoms with E-state index in [2.05, 4.69) is 0 Å². The highest BCUT2D eigenvalue weighted by atomic mass is 16.4. The molecule has 2 heterocycles. The molecule has 1 N–H and O–H groups in total. The van der Waals surface area contributed by atoms with Crippen molar-refractivity contribution in [1.82, 2.24) is 9.88 Å². The normalized spacial score (nSPS) is 17.1. The molecule has 1 aromatic heterocycles. The van der Waals surface area contributed by atoms with E-state index in [0.29, 0.717) is 5.92 Å². The second-order valence-electron chi connectivity index (χ2n) is 8.26. The van der Waals surface area contributed by atoms with Crippen LogP contribution in [0.1, 0.15) is 43.2 Å². The smallest absolute Gasteiger partial charge is 0.335 e. The topological polar surface area (TPSA) is 70.5 Å². The fourth-order valence-electron chi connectivity index (χ4n) is 3.49. The predicted octanol–water partition coefficient (Wildman–Crippen LogP) is 3.88. The largest absolute Gasteiger partial charge is 0.478 e. The number of nitrogens with zero attached hydrogens (tertiary/aromatic N) is 2. The molecule has 0 unspecified atom stereocenters. The fourth-order valence-corrected chi connectivity index (χ4v) is 3.49. The van der Waals surface area contributed by atoms with Crippen molar-refractivity contribution < 1.29 is 14.7 Å². The van der Waals surface area contributed by atoms with Gasteiger partial charge in [-0.25, -0.2) is 4.79 Å². The Morgan fingerprint density at radius 1 is 1.15 bits per heavy atom. The van der Waals surface area contributed by atoms with E-state index < -0.39 is 5.97 Å². The summed E-state index contributed by atoms with van der Waals surface area (Å²) in [5.74, 6) is -0.294. The van der Waals surface area contributed by atoms with Gasteiger partial charge in [-0.2, -0.15) is 0 Å². The number of carbonyl (C=O) groups excluding carboxylic acids is 1. The number of pyridine rings is 1. The SMILES string of the molecule is CC(C)(C)C(=O)N1CC[C@@H](Cc2cccc(-c3ccc(C(=O)O)cc3)n2)C1. The van der Waals surface area contributed by atoms with Gasteiger partial charge in [0.1, 0.15) is 0 Å². The Bertz CT molecular complexity index is 837. The van der Waals surface area contributed by atoms with Gasteiger partial charge in [-0.15, -0.1) is 0 Å². The van der Waals surface area contributed by atoms with Gasteiger partial charge in [0.25, 0.3) is 0 Å². The van der Waals surface area contributed by atoms with Crippen molar-refractivity contribution in [2.75, 3.05) is 13.1 Å². The lowest BCUT2D eigenvalue weighted by molar-refractivity contribution is -0.138. The first-order valence-corrected chi connectivity index (χ1v) is 9.33. The number of aromatic nitrogens is 1. The number of rotatable bonds is 4. The first kappa shape index (κ1) is 19.1. The van der Waals surface area contributed by atoms with Gasteiger partial charge in [-0.05, 0) is 43.0 Å². The Hall–Kier alpha value is -2.69. The summed E-state index contributed by atoms with van der Waals surface area (Å²) in [5.41, 5.74) is 2.67. The van der Waals surface area contributed by atoms with Gasteiger partial charge in [0.2, 0.25) is 5.91 Å². The predicted molar refractivity (Wildman–Crippen MR) is 104 cm³/mol. The van der Waals surface area contributed by atoms with Crippen LogP contribution in [0.25, 0.3) is 11.3 Å². The van der Waals surface area contributed by atoms with Crippen LogP contribution in [0.5, 0.6) is 0 Å². The van der Waals surface area contributed by atoms with Crippen molar-refractivity contribution in [3.05, 3.63) is 53.7 Å². The Morgan fingerprint density at radius 3 is 2.48 bits per heavy atom. The quantitative estimate of drug-likeness (QED) is 0.891. The fraction of sp³-hybridized carbons (Fsp3) is 0.409. The van der Waals surface area contributed by atoms with Gasteiger partial charge in [0, 0.05) is 29.8 Å². The van der Waals surface area contributed by atoms with Crippen molar-refractivity contribution >= 4 is 11.9 Å². The molecule has 3 rings (SSSR count). The molecule has 0 bridgehead atoms. The lowest BCUT2D eigenvalue weighted by Crippen LogP contribution is -2.38. The lowest BCUT2D eigenvalue weighted by atomic mass is 9.95. The van der Waals surface area contributed by atoms with Crippen LogP contribution in [0.2, 0.25) is 0 Å². The van der Waals surface area contributed by atoms with Crippen LogP contribution in [0.15, 0.2) is 42.5 Å². The molecule has 1 saturated heterocycles. The Morgan fingerprint density at radius 2 is 1.85 bits per heavy atom. The van der Waals surface area contributed by atoms with Crippen LogP contribution in [-0.4, -0.2) is 40.0 Å². The van der Waals surface area contributed by atoms with E-state index >= 15 is 0 Å². The number of carboxylic acids is 1. The third-order valence-corrected chi connectivity index (χ3v) is 4.95. The maximum absolute atomic E-state index is 12.4. The van der Waals surface area contributed by atoms with Crippen LogP contribution in [0.4, 0.5) is 0 Å². The molecule has 0 aliphatic carbocycles. The number of carboxylic acid groups (broad SMARTS) is 1. The number of likely N-dealkylation sites (tertiary alicyclic amines) is 1. The highest BCUT2D eigenvalue weighted by molar-refractivity contribution is 5.88. The standard InChI is InChI=1S/C22H26N2O3/c1-22(2,3)21(27)24-12-11-15(14-24)13-18-5-4-6-19(23-18)16-7-9-17(10-8-16)20(25)26/h4-10,15H,11-14H2,1-3H3,(H,25,26)/t15-/m0/s1. The summed E-state index contributed by atoms with van der Waals surface area (Å²) in [6.45, 7) is 7.49. The lowest BCUT2D eigenvalue weighted by Gasteiger charge is -2.25. The molecule has 0 radical (unpaired) electrons. The van der Waals surface area contributed by atoms with E-state index in [-0.39, 0.29) is 16.9 Å². The summed E-state index contributed by atoms with van der Waals surface area (Å²) >= 11 is 0. The number of carbonyl (C=O) groups is 2. The number of hydrogen-bond donors (Lipinski definition) is 1. The number of aromatic carboxylic acids is 1. The maximum Gasteiger partial charge on any atom is 0.335 e. The maximum atomic E-state index is 12.4. The molecule has 1 aliphatic heterocycles. The first-order chi connectivity index (χ1) is 12.7. The van der Waals surface area contributed by atoms with Gasteiger partial charge in [-0.3, -0.25) is 9.78 Å². The summed E-state index contributed by atoms with van der Waals surface area (Å²) in [5, 5.41) is 9.02. The van der Waals surface area contributed by atoms with Crippen molar-refractivity contribution in [3.63, 3.8) is 0 Å². The second-order valence-corrected chi connectivity index (χ2v) is 8.26. The Balaban J connectivity index is 1.68. The van der Waals surface area contributed by atoms with Crippen LogP contribution < -0.4 is 0 Å². The molecule has 0 spiro atoms. The number of amides is 1. The van der Waals surface area contributed by atoms with Crippen molar-refractivity contribution in [1.29, 1.82) is 0 Å². The molecule has 27 heavy (non-hydrogen) atoms. The average Bonchev–Trinajstić information content (AvgIpc) is 3.09. The molecule has 1 aliphatic rings. The first-order valence-electron chi connectivity index (χ1n) is 9.33. The third-order valence-electron chi connectivity index (χ3n) is 4.95. The van der Waals surface area contributed by atoms with Crippen LogP contribution >= 0.6 is 0 Å². The zero-order chi connectivity index (χ0) is 19.6. The van der Waals surface area contributed by atoms with E-state index in [4.69, 9.17) is 10.1 Å². The second kappa shape index (κ2) is 7.51. The average molecular weight is 366 g/mol. The number of benzene rings is 1. The Kier molecular flexibility index (Phi) is 5.31. The molecule has 1 amide bonds. The molecule has 5 nitrogen and oxygen atoms in total. The van der Waals surface area contributed by atoms with Crippen LogP contribution in [-0.2, 0) is 11.2 Å². The summed E-state index contributed by atoms with van der Waals surface area (Å²) < 4.78 is 0. The summed E-state index contributed by atoms with van der Waals surface area (Å²) in [6, 6.07) is 12.7. The molecule has 5 heteroatoms. The monoisotopic (exact) mass is 366 g/mol. The minimum Gasteiger partial charge on any atom is -0.478 e. The van der Waals surface area contributed by atoms with Crippen LogP contribution in [0.3, 0.4) is 0 Å². The van der Waals surface area contributed by atoms with Crippen molar-refractivity contribution in [2.45, 2.75) is 33.6 Å². The highest BCUT2D eigenvalue weighted by Gasteiger charge is 2.32. The Labute approximate surface area is 160 Å². The zero-order valence-electron chi connectivity index (χ0n) is 16.1. The molecular weight excluding hydrogens is 340 g/mol. The van der Waals surface area contributed by atoms with Gasteiger partial charge in [-0.1, -0.05) is 39.0 Å². The van der Waals surface area contributed by atoms with E-state index in [1.54, 1.807) is 24.3 Å². The van der Waals surface area contributed by atoms with E-state index in [9.17, 15) is 9.59 Å². The molecular formula is C22H26N2O3. The van der Waals surface area contributed by atoms with Crippen molar-refractivity contribution in [3.8, 4) is 11.3 Å². The molecule has 142 valence electrons. The van der Waals surface area contributed by atoms with Gasteiger partial charge in [0.15, 0.2) is 0 Å². The molecule has 1 fully saturated rings. The summed E-state index contributed by atoms with van der Waals surface area (Å²) in [7, 11) is 0. The van der Waals surface area contributed by atoms with E-state index in [0.717, 1.165) is 42.9 Å². The molecule has 0 saturated carbocycles. The van der Waals surface area contributed by atoms with Gasteiger partial charge >= 0.3 is 5.97 Å². The summed E-state index contributed by atoms with van der Waals surface area (Å²) in [4.78, 5) is 30.2. The third kappa shape index (κ3) is 4.54. The molecule has 1 aromatic carbocycles. The van der Waals surface area contributed by atoms with E-state index in [1.165, 1.54) is 0 Å². The number of hydrogen-bond acceptors (Lipinski definition) is 3. The molecule has 2 aromatic rings. The van der Waals surface area contributed by atoms with Gasteiger partial charge < -0.3 is 10.0 Å².